The summed E-state index contributed by atoms with van der Waals surface area (Å²) in [5, 5.41) is 15.7. The first kappa shape index (κ1) is 11.8. The van der Waals surface area contributed by atoms with Crippen LogP contribution < -0.4 is 5.32 Å². The third kappa shape index (κ3) is 2.54. The van der Waals surface area contributed by atoms with Gasteiger partial charge in [-0.05, 0) is 30.0 Å². The van der Waals surface area contributed by atoms with Gasteiger partial charge in [0, 0.05) is 5.38 Å². The van der Waals surface area contributed by atoms with E-state index in [9.17, 15) is 9.59 Å². The highest BCUT2D eigenvalue weighted by atomic mass is 32.1. The summed E-state index contributed by atoms with van der Waals surface area (Å²) in [6.07, 6.45) is 0. The molecule has 0 saturated heterocycles. The molecule has 1 amide bonds. The number of anilines is 1. The number of aryl methyl sites for hydroxylation is 1. The molecule has 2 aromatic heterocycles. The number of carboxylic acids is 1. The lowest BCUT2D eigenvalue weighted by atomic mass is 10.2. The maximum Gasteiger partial charge on any atom is 0.345 e. The van der Waals surface area contributed by atoms with Crippen molar-refractivity contribution in [1.82, 2.24) is 0 Å². The SMILES string of the molecule is Cc1cscc1C(=O)Nc1ccc(C(=O)O)s1. The molecule has 17 heavy (non-hydrogen) atoms. The number of rotatable bonds is 3. The Balaban J connectivity index is 2.13. The molecular weight excluding hydrogens is 258 g/mol. The third-order valence-corrected chi connectivity index (χ3v) is 4.00. The Labute approximate surface area is 106 Å². The molecule has 0 unspecified atom stereocenters. The van der Waals surface area contributed by atoms with Crippen molar-refractivity contribution in [3.63, 3.8) is 0 Å². The lowest BCUT2D eigenvalue weighted by molar-refractivity contribution is 0.0702. The van der Waals surface area contributed by atoms with Gasteiger partial charge in [0.15, 0.2) is 0 Å². The molecule has 0 radical (unpaired) electrons. The quantitative estimate of drug-likeness (QED) is 0.898. The minimum absolute atomic E-state index is 0.206. The maximum absolute atomic E-state index is 11.8. The van der Waals surface area contributed by atoms with E-state index in [-0.39, 0.29) is 10.8 Å². The Bertz CT molecular complexity index is 571. The summed E-state index contributed by atoms with van der Waals surface area (Å²) >= 11 is 2.51. The van der Waals surface area contributed by atoms with Crippen LogP contribution >= 0.6 is 22.7 Å². The molecule has 2 N–H and O–H groups in total. The minimum atomic E-state index is -0.984. The fraction of sp³-hybridized carbons (Fsp3) is 0.0909. The van der Waals surface area contributed by atoms with Gasteiger partial charge < -0.3 is 10.4 Å². The lowest BCUT2D eigenvalue weighted by Gasteiger charge is -2.00. The van der Waals surface area contributed by atoms with Crippen molar-refractivity contribution in [2.45, 2.75) is 6.92 Å². The zero-order chi connectivity index (χ0) is 12.4. The van der Waals surface area contributed by atoms with Crippen molar-refractivity contribution in [2.24, 2.45) is 0 Å². The summed E-state index contributed by atoms with van der Waals surface area (Å²) in [4.78, 5) is 22.7. The summed E-state index contributed by atoms with van der Waals surface area (Å²) in [7, 11) is 0. The van der Waals surface area contributed by atoms with Crippen LogP contribution in [0.3, 0.4) is 0 Å². The van der Waals surface area contributed by atoms with Crippen molar-refractivity contribution in [1.29, 1.82) is 0 Å². The van der Waals surface area contributed by atoms with Crippen LogP contribution in [0.15, 0.2) is 22.9 Å². The van der Waals surface area contributed by atoms with Crippen molar-refractivity contribution >= 4 is 39.6 Å². The molecule has 0 saturated carbocycles. The van der Waals surface area contributed by atoms with Gasteiger partial charge in [-0.2, -0.15) is 11.3 Å². The van der Waals surface area contributed by atoms with E-state index in [1.54, 1.807) is 11.4 Å². The second-order valence-electron chi connectivity index (χ2n) is 3.39. The second kappa shape index (κ2) is 4.68. The first-order valence-corrected chi connectivity index (χ1v) is 6.51. The number of thiophene rings is 2. The topological polar surface area (TPSA) is 66.4 Å². The van der Waals surface area contributed by atoms with Gasteiger partial charge in [-0.15, -0.1) is 11.3 Å². The molecule has 6 heteroatoms. The van der Waals surface area contributed by atoms with Crippen LogP contribution in [0.5, 0.6) is 0 Å². The Kier molecular flexibility index (Phi) is 3.26. The van der Waals surface area contributed by atoms with Crippen molar-refractivity contribution in [2.75, 3.05) is 5.32 Å². The Morgan fingerprint density at radius 3 is 2.59 bits per heavy atom. The van der Waals surface area contributed by atoms with Crippen LogP contribution in [0.4, 0.5) is 5.00 Å². The van der Waals surface area contributed by atoms with Crippen molar-refractivity contribution < 1.29 is 14.7 Å². The first-order chi connectivity index (χ1) is 8.08. The van der Waals surface area contributed by atoms with Gasteiger partial charge >= 0.3 is 5.97 Å². The highest BCUT2D eigenvalue weighted by molar-refractivity contribution is 7.18. The van der Waals surface area contributed by atoms with Crippen LogP contribution in [0.25, 0.3) is 0 Å². The van der Waals surface area contributed by atoms with Crippen LogP contribution in [0, 0.1) is 6.92 Å². The molecule has 0 atom stereocenters. The normalized spacial score (nSPS) is 10.2. The standard InChI is InChI=1S/C11H9NO3S2/c1-6-4-16-5-7(6)10(13)12-9-3-2-8(17-9)11(14)15/h2-5H,1H3,(H,12,13)(H,14,15). The number of amides is 1. The maximum atomic E-state index is 11.8. The predicted octanol–water partition coefficient (Wildman–Crippen LogP) is 3.07. The molecule has 0 spiro atoms. The molecule has 0 aliphatic carbocycles. The van der Waals surface area contributed by atoms with E-state index in [0.717, 1.165) is 16.9 Å². The lowest BCUT2D eigenvalue weighted by Crippen LogP contribution is -2.10. The summed E-state index contributed by atoms with van der Waals surface area (Å²) < 4.78 is 0. The van der Waals surface area contributed by atoms with Crippen LogP contribution in [0.1, 0.15) is 25.6 Å². The number of hydrogen-bond acceptors (Lipinski definition) is 4. The molecule has 2 heterocycles. The zero-order valence-corrected chi connectivity index (χ0v) is 10.5. The molecule has 4 nitrogen and oxygen atoms in total. The zero-order valence-electron chi connectivity index (χ0n) is 8.89. The van der Waals surface area contributed by atoms with E-state index in [0.29, 0.717) is 10.6 Å². The Morgan fingerprint density at radius 1 is 1.29 bits per heavy atom. The van der Waals surface area contributed by atoms with E-state index in [1.807, 2.05) is 12.3 Å². The van der Waals surface area contributed by atoms with Gasteiger partial charge in [0.25, 0.3) is 5.91 Å². The average Bonchev–Trinajstić information content (AvgIpc) is 2.86. The molecule has 0 aliphatic rings. The van der Waals surface area contributed by atoms with E-state index < -0.39 is 5.97 Å². The van der Waals surface area contributed by atoms with Crippen LogP contribution in [-0.4, -0.2) is 17.0 Å². The average molecular weight is 267 g/mol. The smallest absolute Gasteiger partial charge is 0.345 e. The number of carboxylic acid groups (broad SMARTS) is 1. The van der Waals surface area contributed by atoms with E-state index in [1.165, 1.54) is 17.4 Å². The van der Waals surface area contributed by atoms with Gasteiger partial charge in [0.1, 0.15) is 4.88 Å². The summed E-state index contributed by atoms with van der Waals surface area (Å²) in [5.41, 5.74) is 1.54. The first-order valence-electron chi connectivity index (χ1n) is 4.75. The number of nitrogens with one attached hydrogen (secondary N) is 1. The molecular formula is C11H9NO3S2. The molecule has 0 aliphatic heterocycles. The van der Waals surface area contributed by atoms with Gasteiger partial charge in [-0.1, -0.05) is 0 Å². The van der Waals surface area contributed by atoms with Gasteiger partial charge in [0.2, 0.25) is 0 Å². The largest absolute Gasteiger partial charge is 0.477 e. The molecule has 2 rings (SSSR count). The molecule has 0 fully saturated rings. The highest BCUT2D eigenvalue weighted by Gasteiger charge is 2.12. The monoisotopic (exact) mass is 267 g/mol. The Hall–Kier alpha value is -1.66. The fourth-order valence-corrected chi connectivity index (χ4v) is 2.86. The summed E-state index contributed by atoms with van der Waals surface area (Å²) in [6.45, 7) is 1.86. The summed E-state index contributed by atoms with van der Waals surface area (Å²) in [5.74, 6) is -1.19. The highest BCUT2D eigenvalue weighted by Crippen LogP contribution is 2.23. The molecule has 2 aromatic rings. The number of hydrogen-bond donors (Lipinski definition) is 2. The van der Waals surface area contributed by atoms with Gasteiger partial charge in [-0.25, -0.2) is 4.79 Å². The number of aromatic carboxylic acids is 1. The van der Waals surface area contributed by atoms with Crippen molar-refractivity contribution in [3.05, 3.63) is 38.9 Å². The molecule has 0 bridgehead atoms. The molecule has 88 valence electrons. The number of carbonyl (C=O) groups excluding carboxylic acids is 1. The van der Waals surface area contributed by atoms with Crippen LogP contribution in [0.2, 0.25) is 0 Å². The van der Waals surface area contributed by atoms with Gasteiger partial charge in [0.05, 0.1) is 10.6 Å². The minimum Gasteiger partial charge on any atom is -0.477 e. The van der Waals surface area contributed by atoms with E-state index in [4.69, 9.17) is 5.11 Å². The second-order valence-corrected chi connectivity index (χ2v) is 5.22. The Morgan fingerprint density at radius 2 is 2.06 bits per heavy atom. The van der Waals surface area contributed by atoms with E-state index in [2.05, 4.69) is 5.32 Å². The van der Waals surface area contributed by atoms with Crippen LogP contribution in [-0.2, 0) is 0 Å². The third-order valence-electron chi connectivity index (χ3n) is 2.15. The molecule has 0 aromatic carbocycles. The summed E-state index contributed by atoms with van der Waals surface area (Å²) in [6, 6.07) is 3.07. The fourth-order valence-electron chi connectivity index (χ4n) is 1.29. The number of carbonyl (C=O) groups is 2. The van der Waals surface area contributed by atoms with E-state index >= 15 is 0 Å². The predicted molar refractivity (Wildman–Crippen MR) is 68.3 cm³/mol. The van der Waals surface area contributed by atoms with Crippen molar-refractivity contribution in [3.8, 4) is 0 Å². The van der Waals surface area contributed by atoms with Gasteiger partial charge in [-0.3, -0.25) is 4.79 Å².